The Labute approximate surface area is 294 Å². The molecule has 1 atom stereocenters. The molecule has 0 unspecified atom stereocenters. The lowest BCUT2D eigenvalue weighted by molar-refractivity contribution is -0.140. The average molecular weight is 702 g/mol. The first-order valence-electron chi connectivity index (χ1n) is 16.8. The Kier molecular flexibility index (Phi) is 12.1. The van der Waals surface area contributed by atoms with Crippen LogP contribution < -0.4 is 19.1 Å². The second-order valence-corrected chi connectivity index (χ2v) is 14.4. The standard InChI is InChI=1S/C39H44FN3O6S/c1-28-14-21-34(22-15-28)50(46,47)43(35-25-33(48-2)20-23-37(35)49-3)27-38(44)42(26-30-16-18-31(40)19-17-30)36(24-29-10-6-4-7-11-29)39(45)41-32-12-8-5-9-13-32/h4,6-7,10-11,14-23,25,32,36H,5,8-9,12-13,24,26-27H2,1-3H3,(H,41,45)/t36-/m1/s1. The molecule has 1 aliphatic carbocycles. The monoisotopic (exact) mass is 701 g/mol. The van der Waals surface area contributed by atoms with E-state index in [0.717, 1.165) is 47.5 Å². The van der Waals surface area contributed by atoms with Crippen molar-refractivity contribution in [2.75, 3.05) is 25.1 Å². The van der Waals surface area contributed by atoms with Gasteiger partial charge in [-0.2, -0.15) is 0 Å². The number of nitrogens with zero attached hydrogens (tertiary/aromatic N) is 2. The van der Waals surface area contributed by atoms with Gasteiger partial charge < -0.3 is 19.7 Å². The number of aryl methyl sites for hydroxylation is 1. The Morgan fingerprint density at radius 2 is 1.54 bits per heavy atom. The second kappa shape index (κ2) is 16.7. The zero-order chi connectivity index (χ0) is 35.7. The number of rotatable bonds is 14. The summed E-state index contributed by atoms with van der Waals surface area (Å²) in [4.78, 5) is 30.4. The van der Waals surface area contributed by atoms with Gasteiger partial charge in [-0.15, -0.1) is 0 Å². The van der Waals surface area contributed by atoms with Gasteiger partial charge in [0.05, 0.1) is 24.8 Å². The summed E-state index contributed by atoms with van der Waals surface area (Å²) in [6.45, 7) is 1.12. The number of hydrogen-bond acceptors (Lipinski definition) is 6. The first-order valence-corrected chi connectivity index (χ1v) is 18.2. The van der Waals surface area contributed by atoms with Crippen LogP contribution in [0.4, 0.5) is 10.1 Å². The van der Waals surface area contributed by atoms with Crippen molar-refractivity contribution in [3.05, 3.63) is 120 Å². The molecule has 0 aromatic heterocycles. The minimum absolute atomic E-state index is 0.0262. The Bertz CT molecular complexity index is 1850. The molecule has 0 heterocycles. The normalized spacial score (nSPS) is 14.0. The fourth-order valence-electron chi connectivity index (χ4n) is 6.23. The summed E-state index contributed by atoms with van der Waals surface area (Å²) in [6, 6.07) is 25.1. The van der Waals surface area contributed by atoms with Crippen molar-refractivity contribution in [1.29, 1.82) is 0 Å². The van der Waals surface area contributed by atoms with Crippen molar-refractivity contribution in [2.24, 2.45) is 0 Å². The van der Waals surface area contributed by atoms with Crippen LogP contribution in [0.25, 0.3) is 0 Å². The Morgan fingerprint density at radius 3 is 2.18 bits per heavy atom. The molecule has 1 saturated carbocycles. The number of sulfonamides is 1. The zero-order valence-electron chi connectivity index (χ0n) is 28.7. The fourth-order valence-corrected chi connectivity index (χ4v) is 7.64. The molecule has 5 rings (SSSR count). The minimum Gasteiger partial charge on any atom is -0.497 e. The van der Waals surface area contributed by atoms with E-state index in [1.807, 2.05) is 37.3 Å². The van der Waals surface area contributed by atoms with Crippen molar-refractivity contribution >= 4 is 27.5 Å². The number of anilines is 1. The lowest BCUT2D eigenvalue weighted by Gasteiger charge is -2.35. The number of benzene rings is 4. The molecule has 4 aromatic carbocycles. The Hall–Kier alpha value is -4.90. The number of nitrogens with one attached hydrogen (secondary N) is 1. The number of ether oxygens (including phenoxy) is 2. The number of amides is 2. The molecular weight excluding hydrogens is 658 g/mol. The molecule has 1 fully saturated rings. The van der Waals surface area contributed by atoms with E-state index in [0.29, 0.717) is 11.3 Å². The zero-order valence-corrected chi connectivity index (χ0v) is 29.5. The lowest BCUT2D eigenvalue weighted by atomic mass is 9.94. The molecular formula is C39H44FN3O6S. The summed E-state index contributed by atoms with van der Waals surface area (Å²) in [5.41, 5.74) is 2.36. The van der Waals surface area contributed by atoms with Crippen LogP contribution in [-0.4, -0.2) is 58.0 Å². The number of halogens is 1. The van der Waals surface area contributed by atoms with Crippen LogP contribution in [0.1, 0.15) is 48.8 Å². The molecule has 1 N–H and O–H groups in total. The molecule has 9 nitrogen and oxygen atoms in total. The van der Waals surface area contributed by atoms with Gasteiger partial charge in [-0.05, 0) is 67.3 Å². The van der Waals surface area contributed by atoms with Crippen LogP contribution in [0.15, 0.2) is 102 Å². The molecule has 0 aliphatic heterocycles. The van der Waals surface area contributed by atoms with Crippen LogP contribution >= 0.6 is 0 Å². The maximum Gasteiger partial charge on any atom is 0.264 e. The summed E-state index contributed by atoms with van der Waals surface area (Å²) in [5.74, 6) is -0.842. The predicted octanol–water partition coefficient (Wildman–Crippen LogP) is 6.44. The van der Waals surface area contributed by atoms with Crippen LogP contribution in [0.3, 0.4) is 0 Å². The van der Waals surface area contributed by atoms with Crippen LogP contribution in [-0.2, 0) is 32.6 Å². The smallest absolute Gasteiger partial charge is 0.264 e. The fraction of sp³-hybridized carbons (Fsp3) is 0.333. The molecule has 1 aliphatic rings. The molecule has 4 aromatic rings. The predicted molar refractivity (Wildman–Crippen MR) is 191 cm³/mol. The molecule has 50 heavy (non-hydrogen) atoms. The van der Waals surface area contributed by atoms with Crippen LogP contribution in [0.2, 0.25) is 0 Å². The SMILES string of the molecule is COc1ccc(OC)c(N(CC(=O)N(Cc2ccc(F)cc2)[C@H](Cc2ccccc2)C(=O)NC2CCCCC2)S(=O)(=O)c2ccc(C)cc2)c1. The topological polar surface area (TPSA) is 105 Å². The maximum atomic E-state index is 14.8. The quantitative estimate of drug-likeness (QED) is 0.162. The lowest BCUT2D eigenvalue weighted by Crippen LogP contribution is -2.55. The van der Waals surface area contributed by atoms with Gasteiger partial charge in [0.2, 0.25) is 11.8 Å². The van der Waals surface area contributed by atoms with Gasteiger partial charge in [-0.1, -0.05) is 79.4 Å². The van der Waals surface area contributed by atoms with E-state index in [-0.39, 0.29) is 41.2 Å². The highest BCUT2D eigenvalue weighted by molar-refractivity contribution is 7.92. The third-order valence-electron chi connectivity index (χ3n) is 9.03. The van der Waals surface area contributed by atoms with Gasteiger partial charge in [0.25, 0.3) is 10.0 Å². The van der Waals surface area contributed by atoms with Crippen molar-refractivity contribution in [3.8, 4) is 11.5 Å². The number of carbonyl (C=O) groups excluding carboxylic acids is 2. The van der Waals surface area contributed by atoms with E-state index >= 15 is 0 Å². The van der Waals surface area contributed by atoms with E-state index in [9.17, 15) is 22.4 Å². The number of carbonyl (C=O) groups is 2. The average Bonchev–Trinajstić information content (AvgIpc) is 3.13. The van der Waals surface area contributed by atoms with E-state index in [4.69, 9.17) is 9.47 Å². The second-order valence-electron chi connectivity index (χ2n) is 12.6. The molecule has 11 heteroatoms. The van der Waals surface area contributed by atoms with Gasteiger partial charge in [-0.3, -0.25) is 13.9 Å². The summed E-state index contributed by atoms with van der Waals surface area (Å²) in [5, 5.41) is 3.19. The molecule has 264 valence electrons. The summed E-state index contributed by atoms with van der Waals surface area (Å²) in [6.07, 6.45) is 4.97. The van der Waals surface area contributed by atoms with Crippen molar-refractivity contribution in [1.82, 2.24) is 10.2 Å². The van der Waals surface area contributed by atoms with E-state index in [1.54, 1.807) is 36.4 Å². The van der Waals surface area contributed by atoms with Gasteiger partial charge in [0, 0.05) is 25.1 Å². The summed E-state index contributed by atoms with van der Waals surface area (Å²) >= 11 is 0. The number of methoxy groups -OCH3 is 2. The Balaban J connectivity index is 1.61. The van der Waals surface area contributed by atoms with Gasteiger partial charge >= 0.3 is 0 Å². The van der Waals surface area contributed by atoms with Crippen LogP contribution in [0.5, 0.6) is 11.5 Å². The highest BCUT2D eigenvalue weighted by Crippen LogP contribution is 2.36. The molecule has 0 radical (unpaired) electrons. The first-order chi connectivity index (χ1) is 24.1. The Morgan fingerprint density at radius 1 is 0.860 bits per heavy atom. The van der Waals surface area contributed by atoms with Crippen molar-refractivity contribution in [2.45, 2.75) is 69.0 Å². The molecule has 0 saturated heterocycles. The highest BCUT2D eigenvalue weighted by Gasteiger charge is 2.36. The summed E-state index contributed by atoms with van der Waals surface area (Å²) in [7, 11) is -1.49. The van der Waals surface area contributed by atoms with E-state index in [1.165, 1.54) is 49.5 Å². The van der Waals surface area contributed by atoms with Crippen LogP contribution in [0, 0.1) is 12.7 Å². The summed E-state index contributed by atoms with van der Waals surface area (Å²) < 4.78 is 54.9. The minimum atomic E-state index is -4.36. The van der Waals surface area contributed by atoms with Gasteiger partial charge in [0.15, 0.2) is 0 Å². The highest BCUT2D eigenvalue weighted by atomic mass is 32.2. The molecule has 0 spiro atoms. The largest absolute Gasteiger partial charge is 0.497 e. The van der Waals surface area contributed by atoms with E-state index < -0.39 is 34.3 Å². The number of hydrogen-bond donors (Lipinski definition) is 1. The third-order valence-corrected chi connectivity index (χ3v) is 10.8. The maximum absolute atomic E-state index is 14.8. The van der Waals surface area contributed by atoms with Crippen molar-refractivity contribution < 1.29 is 31.9 Å². The van der Waals surface area contributed by atoms with Gasteiger partial charge in [-0.25, -0.2) is 12.8 Å². The van der Waals surface area contributed by atoms with E-state index in [2.05, 4.69) is 5.32 Å². The first kappa shape index (κ1) is 36.4. The third kappa shape index (κ3) is 9.01. The molecule has 2 amide bonds. The molecule has 0 bridgehead atoms. The van der Waals surface area contributed by atoms with Gasteiger partial charge in [0.1, 0.15) is 29.9 Å². The van der Waals surface area contributed by atoms with Crippen molar-refractivity contribution in [3.63, 3.8) is 0 Å².